The van der Waals surface area contributed by atoms with E-state index in [-0.39, 0.29) is 5.82 Å². The van der Waals surface area contributed by atoms with Crippen molar-refractivity contribution in [2.24, 2.45) is 0 Å². The highest BCUT2D eigenvalue weighted by Crippen LogP contribution is 2.16. The topological polar surface area (TPSA) is 3.24 Å². The van der Waals surface area contributed by atoms with Crippen LogP contribution in [0, 0.1) is 5.82 Å². The summed E-state index contributed by atoms with van der Waals surface area (Å²) in [5, 5.41) is 0.942. The van der Waals surface area contributed by atoms with Gasteiger partial charge in [0.15, 0.2) is 0 Å². The highest BCUT2D eigenvalue weighted by atomic mass is 79.9. The van der Waals surface area contributed by atoms with Crippen molar-refractivity contribution in [1.82, 2.24) is 4.90 Å². The number of halogens is 3. The minimum absolute atomic E-state index is 0.186. The molecule has 0 radical (unpaired) electrons. The van der Waals surface area contributed by atoms with Gasteiger partial charge in [-0.25, -0.2) is 4.39 Å². The Hall–Kier alpha value is 0.0700. The molecule has 0 bridgehead atoms. The van der Waals surface area contributed by atoms with E-state index in [1.165, 1.54) is 6.07 Å². The van der Waals surface area contributed by atoms with Gasteiger partial charge < -0.3 is 0 Å². The molecule has 84 valence electrons. The molecule has 1 nitrogen and oxygen atoms in total. The van der Waals surface area contributed by atoms with Gasteiger partial charge >= 0.3 is 0 Å². The summed E-state index contributed by atoms with van der Waals surface area (Å²) in [5.41, 5.74) is 1.00. The van der Waals surface area contributed by atoms with Gasteiger partial charge in [-0.3, -0.25) is 4.90 Å². The number of hydrogen-bond donors (Lipinski definition) is 0. The summed E-state index contributed by atoms with van der Waals surface area (Å²) in [4.78, 5) is 2.26. The molecule has 0 atom stereocenters. The van der Waals surface area contributed by atoms with E-state index < -0.39 is 0 Å². The van der Waals surface area contributed by atoms with Crippen LogP contribution in [-0.4, -0.2) is 23.3 Å². The first-order valence-corrected chi connectivity index (χ1v) is 6.80. The van der Waals surface area contributed by atoms with Gasteiger partial charge in [0.05, 0.1) is 0 Å². The first-order chi connectivity index (χ1) is 7.15. The maximum atomic E-state index is 13.1. The maximum Gasteiger partial charge on any atom is 0.124 e. The molecule has 0 N–H and O–H groups in total. The molecule has 0 spiro atoms. The molecule has 4 heteroatoms. The second-order valence-electron chi connectivity index (χ2n) is 3.34. The minimum atomic E-state index is -0.186. The van der Waals surface area contributed by atoms with Crippen LogP contribution in [0.1, 0.15) is 12.5 Å². The van der Waals surface area contributed by atoms with E-state index in [2.05, 4.69) is 43.7 Å². The molecule has 0 aliphatic heterocycles. The molecular weight excluding hydrogens is 325 g/mol. The summed E-state index contributed by atoms with van der Waals surface area (Å²) in [6.07, 6.45) is 0. The largest absolute Gasteiger partial charge is 0.299 e. The highest BCUT2D eigenvalue weighted by molar-refractivity contribution is 9.10. The molecule has 0 amide bonds. The van der Waals surface area contributed by atoms with Crippen LogP contribution in [0.15, 0.2) is 22.7 Å². The van der Waals surface area contributed by atoms with E-state index in [9.17, 15) is 4.39 Å². The van der Waals surface area contributed by atoms with E-state index >= 15 is 0 Å². The molecule has 0 aliphatic rings. The fourth-order valence-electron chi connectivity index (χ4n) is 1.43. The van der Waals surface area contributed by atoms with Gasteiger partial charge in [0.1, 0.15) is 5.82 Å². The quantitative estimate of drug-likeness (QED) is 0.738. The van der Waals surface area contributed by atoms with Crippen molar-refractivity contribution in [3.8, 4) is 0 Å². The summed E-state index contributed by atoms with van der Waals surface area (Å²) >= 11 is 6.70. The zero-order chi connectivity index (χ0) is 11.3. The van der Waals surface area contributed by atoms with E-state index in [1.807, 2.05) is 6.07 Å². The molecule has 0 saturated heterocycles. The van der Waals surface area contributed by atoms with Crippen molar-refractivity contribution in [3.05, 3.63) is 34.1 Å². The fourth-order valence-corrected chi connectivity index (χ4v) is 2.44. The Morgan fingerprint density at radius 3 is 2.60 bits per heavy atom. The van der Waals surface area contributed by atoms with E-state index in [0.717, 1.165) is 35.0 Å². The monoisotopic (exact) mass is 337 g/mol. The standard InChI is InChI=1S/C11H14Br2FN/c1-2-15(4-3-12)8-9-5-10(13)7-11(14)6-9/h5-7H,2-4,8H2,1H3. The van der Waals surface area contributed by atoms with Crippen molar-refractivity contribution < 1.29 is 4.39 Å². The van der Waals surface area contributed by atoms with E-state index in [1.54, 1.807) is 6.07 Å². The molecule has 0 aliphatic carbocycles. The van der Waals surface area contributed by atoms with Gasteiger partial charge in [-0.2, -0.15) is 0 Å². The van der Waals surface area contributed by atoms with Gasteiger partial charge in [-0.05, 0) is 30.3 Å². The van der Waals surface area contributed by atoms with Crippen molar-refractivity contribution in [3.63, 3.8) is 0 Å². The smallest absolute Gasteiger partial charge is 0.124 e. The third-order valence-electron chi connectivity index (χ3n) is 2.18. The fraction of sp³-hybridized carbons (Fsp3) is 0.455. The Balaban J connectivity index is 2.69. The predicted octanol–water partition coefficient (Wildman–Crippen LogP) is 3.81. The number of nitrogens with zero attached hydrogens (tertiary/aromatic N) is 1. The Morgan fingerprint density at radius 2 is 2.07 bits per heavy atom. The third-order valence-corrected chi connectivity index (χ3v) is 2.99. The van der Waals surface area contributed by atoms with Crippen molar-refractivity contribution in [2.75, 3.05) is 18.4 Å². The summed E-state index contributed by atoms with van der Waals surface area (Å²) in [5.74, 6) is -0.186. The van der Waals surface area contributed by atoms with Crippen LogP contribution in [-0.2, 0) is 6.54 Å². The van der Waals surface area contributed by atoms with E-state index in [0.29, 0.717) is 0 Å². The Labute approximate surface area is 107 Å². The van der Waals surface area contributed by atoms with Crippen LogP contribution < -0.4 is 0 Å². The zero-order valence-electron chi connectivity index (χ0n) is 8.64. The molecule has 1 aromatic rings. The first kappa shape index (κ1) is 13.1. The zero-order valence-corrected chi connectivity index (χ0v) is 11.8. The van der Waals surface area contributed by atoms with Crippen molar-refractivity contribution in [2.45, 2.75) is 13.5 Å². The molecule has 0 aromatic heterocycles. The lowest BCUT2D eigenvalue weighted by atomic mass is 10.2. The van der Waals surface area contributed by atoms with Crippen LogP contribution in [0.3, 0.4) is 0 Å². The van der Waals surface area contributed by atoms with Crippen LogP contribution >= 0.6 is 31.9 Å². The molecular formula is C11H14Br2FN. The van der Waals surface area contributed by atoms with Crippen LogP contribution in [0.4, 0.5) is 4.39 Å². The van der Waals surface area contributed by atoms with Crippen LogP contribution in [0.25, 0.3) is 0 Å². The molecule has 0 saturated carbocycles. The highest BCUT2D eigenvalue weighted by Gasteiger charge is 2.04. The average molecular weight is 339 g/mol. The summed E-state index contributed by atoms with van der Waals surface area (Å²) in [6, 6.07) is 5.02. The maximum absolute atomic E-state index is 13.1. The Bertz CT molecular complexity index is 297. The van der Waals surface area contributed by atoms with Gasteiger partial charge in [-0.1, -0.05) is 38.8 Å². The lowest BCUT2D eigenvalue weighted by Crippen LogP contribution is -2.24. The first-order valence-electron chi connectivity index (χ1n) is 4.89. The molecule has 0 fully saturated rings. The number of benzene rings is 1. The molecule has 0 unspecified atom stereocenters. The second kappa shape index (κ2) is 6.61. The Kier molecular flexibility index (Phi) is 5.79. The van der Waals surface area contributed by atoms with Crippen LogP contribution in [0.5, 0.6) is 0 Å². The van der Waals surface area contributed by atoms with Gasteiger partial charge in [0, 0.05) is 22.9 Å². The van der Waals surface area contributed by atoms with Crippen molar-refractivity contribution in [1.29, 1.82) is 0 Å². The van der Waals surface area contributed by atoms with Gasteiger partial charge in [-0.15, -0.1) is 0 Å². The van der Waals surface area contributed by atoms with E-state index in [4.69, 9.17) is 0 Å². The average Bonchev–Trinajstić information content (AvgIpc) is 2.15. The summed E-state index contributed by atoms with van der Waals surface area (Å²) in [7, 11) is 0. The number of hydrogen-bond acceptors (Lipinski definition) is 1. The van der Waals surface area contributed by atoms with Gasteiger partial charge in [0.2, 0.25) is 0 Å². The van der Waals surface area contributed by atoms with Crippen LogP contribution in [0.2, 0.25) is 0 Å². The Morgan fingerprint density at radius 1 is 1.33 bits per heavy atom. The lowest BCUT2D eigenvalue weighted by molar-refractivity contribution is 0.298. The summed E-state index contributed by atoms with van der Waals surface area (Å²) in [6.45, 7) is 4.85. The predicted molar refractivity (Wildman–Crippen MR) is 68.8 cm³/mol. The SMILES string of the molecule is CCN(CCBr)Cc1cc(F)cc(Br)c1. The minimum Gasteiger partial charge on any atom is -0.299 e. The van der Waals surface area contributed by atoms with Crippen molar-refractivity contribution >= 4 is 31.9 Å². The molecule has 1 rings (SSSR count). The molecule has 0 heterocycles. The second-order valence-corrected chi connectivity index (χ2v) is 5.04. The molecule has 1 aromatic carbocycles. The van der Waals surface area contributed by atoms with Gasteiger partial charge in [0.25, 0.3) is 0 Å². The summed E-state index contributed by atoms with van der Waals surface area (Å²) < 4.78 is 13.9. The lowest BCUT2D eigenvalue weighted by Gasteiger charge is -2.19. The normalized spacial score (nSPS) is 11.0. The number of rotatable bonds is 5. The molecule has 15 heavy (non-hydrogen) atoms. The third kappa shape index (κ3) is 4.62. The number of alkyl halides is 1.